The highest BCUT2D eigenvalue weighted by atomic mass is 79.9. The average Bonchev–Trinajstić information content (AvgIpc) is 2.80. The molecule has 0 radical (unpaired) electrons. The van der Waals surface area contributed by atoms with E-state index >= 15 is 0 Å². The molecule has 0 spiro atoms. The first-order valence-corrected chi connectivity index (χ1v) is 6.68. The van der Waals surface area contributed by atoms with Gasteiger partial charge in [0.25, 0.3) is 0 Å². The van der Waals surface area contributed by atoms with Crippen LogP contribution in [0.1, 0.15) is 0 Å². The zero-order valence-corrected chi connectivity index (χ0v) is 12.2. The minimum absolute atomic E-state index is 0.0904. The summed E-state index contributed by atoms with van der Waals surface area (Å²) < 4.78 is 2.16. The van der Waals surface area contributed by atoms with Gasteiger partial charge in [-0.15, -0.1) is 5.10 Å². The molecule has 2 heterocycles. The summed E-state index contributed by atoms with van der Waals surface area (Å²) in [6.45, 7) is 0. The number of hydrogen-bond donors (Lipinski definition) is 0. The Bertz CT molecular complexity index is 813. The molecule has 2 aromatic heterocycles. The van der Waals surface area contributed by atoms with E-state index in [-0.39, 0.29) is 11.3 Å². The summed E-state index contributed by atoms with van der Waals surface area (Å²) >= 11 is 9.32. The molecule has 0 fully saturated rings. The molecule has 100 valence electrons. The fourth-order valence-corrected chi connectivity index (χ4v) is 2.70. The van der Waals surface area contributed by atoms with Crippen molar-refractivity contribution in [1.82, 2.24) is 14.6 Å². The highest BCUT2D eigenvalue weighted by Gasteiger charge is 2.17. The maximum Gasteiger partial charge on any atom is 0.313 e. The summed E-state index contributed by atoms with van der Waals surface area (Å²) in [5.41, 5.74) is 0.790. The predicted molar refractivity (Wildman–Crippen MR) is 77.8 cm³/mol. The highest BCUT2D eigenvalue weighted by Crippen LogP contribution is 2.27. The fraction of sp³-hybridized carbons (Fsp3) is 0. The van der Waals surface area contributed by atoms with Gasteiger partial charge in [0.1, 0.15) is 0 Å². The van der Waals surface area contributed by atoms with Gasteiger partial charge >= 0.3 is 5.69 Å². The molecule has 0 N–H and O–H groups in total. The molecule has 8 heteroatoms. The van der Waals surface area contributed by atoms with E-state index < -0.39 is 4.92 Å². The Morgan fingerprint density at radius 2 is 2.15 bits per heavy atom. The van der Waals surface area contributed by atoms with Crippen LogP contribution in [-0.2, 0) is 0 Å². The number of nitrogens with zero attached hydrogens (tertiary/aromatic N) is 4. The van der Waals surface area contributed by atoms with Crippen molar-refractivity contribution in [3.8, 4) is 11.4 Å². The zero-order chi connectivity index (χ0) is 14.3. The molecule has 20 heavy (non-hydrogen) atoms. The minimum Gasteiger partial charge on any atom is -0.258 e. The third kappa shape index (κ3) is 2.25. The maximum absolute atomic E-state index is 11.0. The second-order valence-electron chi connectivity index (χ2n) is 4.01. The Balaban J connectivity index is 2.23. The highest BCUT2D eigenvalue weighted by molar-refractivity contribution is 9.10. The van der Waals surface area contributed by atoms with Gasteiger partial charge in [0, 0.05) is 27.3 Å². The number of aromatic nitrogens is 3. The zero-order valence-electron chi connectivity index (χ0n) is 9.83. The van der Waals surface area contributed by atoms with Crippen molar-refractivity contribution in [3.63, 3.8) is 0 Å². The Kier molecular flexibility index (Phi) is 3.15. The molecule has 0 saturated carbocycles. The lowest BCUT2D eigenvalue weighted by Gasteiger charge is -1.97. The molecule has 3 rings (SSSR count). The number of benzene rings is 1. The predicted octanol–water partition coefficient (Wildman–Crippen LogP) is 3.72. The monoisotopic (exact) mass is 352 g/mol. The van der Waals surface area contributed by atoms with Crippen molar-refractivity contribution in [1.29, 1.82) is 0 Å². The molecule has 0 aliphatic heterocycles. The van der Waals surface area contributed by atoms with E-state index in [0.29, 0.717) is 16.4 Å². The molecule has 0 aliphatic rings. The van der Waals surface area contributed by atoms with Gasteiger partial charge in [-0.05, 0) is 24.3 Å². The first-order valence-electron chi connectivity index (χ1n) is 5.51. The lowest BCUT2D eigenvalue weighted by molar-refractivity contribution is -0.383. The standard InChI is InChI=1S/C12H6BrClN4O2/c13-8-4-7(5-9(14)6-8)11-15-12-10(18(19)20)2-1-3-17(12)16-11/h1-6H. The van der Waals surface area contributed by atoms with Crippen molar-refractivity contribution >= 4 is 38.9 Å². The Morgan fingerprint density at radius 3 is 2.85 bits per heavy atom. The second kappa shape index (κ2) is 4.84. The van der Waals surface area contributed by atoms with E-state index in [2.05, 4.69) is 26.0 Å². The normalized spacial score (nSPS) is 10.9. The van der Waals surface area contributed by atoms with Crippen molar-refractivity contribution in [3.05, 3.63) is 56.1 Å². The van der Waals surface area contributed by atoms with Crippen molar-refractivity contribution in [2.75, 3.05) is 0 Å². The first kappa shape index (κ1) is 13.0. The van der Waals surface area contributed by atoms with Crippen LogP contribution in [-0.4, -0.2) is 19.5 Å². The van der Waals surface area contributed by atoms with E-state index in [1.165, 1.54) is 10.6 Å². The van der Waals surface area contributed by atoms with Crippen molar-refractivity contribution in [2.24, 2.45) is 0 Å². The van der Waals surface area contributed by atoms with Crippen LogP contribution in [0.3, 0.4) is 0 Å². The number of fused-ring (bicyclic) bond motifs is 1. The van der Waals surface area contributed by atoms with Gasteiger partial charge in [0.05, 0.1) is 4.92 Å². The lowest BCUT2D eigenvalue weighted by Crippen LogP contribution is -1.93. The largest absolute Gasteiger partial charge is 0.313 e. The van der Waals surface area contributed by atoms with Crippen LogP contribution in [0.4, 0.5) is 5.69 Å². The fourth-order valence-electron chi connectivity index (χ4n) is 1.84. The van der Waals surface area contributed by atoms with Gasteiger partial charge in [0.2, 0.25) is 5.65 Å². The van der Waals surface area contributed by atoms with E-state index in [4.69, 9.17) is 11.6 Å². The van der Waals surface area contributed by atoms with Crippen molar-refractivity contribution in [2.45, 2.75) is 0 Å². The van der Waals surface area contributed by atoms with E-state index in [0.717, 1.165) is 4.47 Å². The van der Waals surface area contributed by atoms with Crippen LogP contribution < -0.4 is 0 Å². The third-order valence-corrected chi connectivity index (χ3v) is 3.34. The quantitative estimate of drug-likeness (QED) is 0.520. The number of halogens is 2. The van der Waals surface area contributed by atoms with Gasteiger partial charge in [-0.2, -0.15) is 0 Å². The molecule has 3 aromatic rings. The van der Waals surface area contributed by atoms with Crippen LogP contribution in [0, 0.1) is 10.1 Å². The maximum atomic E-state index is 11.0. The number of pyridine rings is 1. The van der Waals surface area contributed by atoms with E-state index in [1.54, 1.807) is 30.5 Å². The Morgan fingerprint density at radius 1 is 1.35 bits per heavy atom. The summed E-state index contributed by atoms with van der Waals surface area (Å²) in [4.78, 5) is 14.7. The van der Waals surface area contributed by atoms with Crippen LogP contribution >= 0.6 is 27.5 Å². The first-order chi connectivity index (χ1) is 9.54. The molecule has 0 amide bonds. The Hall–Kier alpha value is -1.99. The molecule has 0 unspecified atom stereocenters. The van der Waals surface area contributed by atoms with Gasteiger partial charge in [-0.3, -0.25) is 10.1 Å². The number of rotatable bonds is 2. The molecule has 0 aliphatic carbocycles. The van der Waals surface area contributed by atoms with E-state index in [9.17, 15) is 10.1 Å². The molecule has 0 bridgehead atoms. The molecule has 1 aromatic carbocycles. The van der Waals surface area contributed by atoms with E-state index in [1.807, 2.05) is 0 Å². The molecular formula is C12H6BrClN4O2. The van der Waals surface area contributed by atoms with Gasteiger partial charge < -0.3 is 0 Å². The smallest absolute Gasteiger partial charge is 0.258 e. The molecule has 0 saturated heterocycles. The number of hydrogen-bond acceptors (Lipinski definition) is 4. The van der Waals surface area contributed by atoms with Crippen molar-refractivity contribution < 1.29 is 4.92 Å². The minimum atomic E-state index is -0.484. The van der Waals surface area contributed by atoms with Crippen LogP contribution in [0.15, 0.2) is 41.0 Å². The van der Waals surface area contributed by atoms with Crippen LogP contribution in [0.5, 0.6) is 0 Å². The molecule has 0 atom stereocenters. The Labute approximate surface area is 126 Å². The molecule has 6 nitrogen and oxygen atoms in total. The average molecular weight is 354 g/mol. The SMILES string of the molecule is O=[N+]([O-])c1cccn2nc(-c3cc(Cl)cc(Br)c3)nc12. The van der Waals surface area contributed by atoms with Gasteiger partial charge in [-0.25, -0.2) is 9.50 Å². The van der Waals surface area contributed by atoms with Gasteiger partial charge in [-0.1, -0.05) is 27.5 Å². The van der Waals surface area contributed by atoms with Gasteiger partial charge in [0.15, 0.2) is 5.82 Å². The van der Waals surface area contributed by atoms with Crippen LogP contribution in [0.2, 0.25) is 5.02 Å². The summed E-state index contributed by atoms with van der Waals surface area (Å²) in [5.74, 6) is 0.377. The summed E-state index contributed by atoms with van der Waals surface area (Å²) in [7, 11) is 0. The third-order valence-electron chi connectivity index (χ3n) is 2.66. The number of nitro groups is 1. The lowest BCUT2D eigenvalue weighted by atomic mass is 10.2. The summed E-state index contributed by atoms with van der Waals surface area (Å²) in [6, 6.07) is 8.18. The topological polar surface area (TPSA) is 73.3 Å². The molecular weight excluding hydrogens is 348 g/mol. The summed E-state index contributed by atoms with van der Waals surface area (Å²) in [5, 5.41) is 15.7. The second-order valence-corrected chi connectivity index (χ2v) is 5.36. The summed E-state index contributed by atoms with van der Waals surface area (Å²) in [6.07, 6.45) is 1.61. The van der Waals surface area contributed by atoms with Crippen LogP contribution in [0.25, 0.3) is 17.0 Å².